The maximum Gasteiger partial charge on any atom is 0.258 e. The third-order valence-electron chi connectivity index (χ3n) is 4.74. The maximum absolute atomic E-state index is 14.4. The third kappa shape index (κ3) is 4.98. The molecule has 0 saturated heterocycles. The molecule has 4 rings (SSSR count). The number of nitrogens with zero attached hydrogens (tertiary/aromatic N) is 2. The van der Waals surface area contributed by atoms with Gasteiger partial charge in [0.25, 0.3) is 5.91 Å². The lowest BCUT2D eigenvalue weighted by molar-refractivity contribution is -0.123. The van der Waals surface area contributed by atoms with Crippen LogP contribution in [-0.2, 0) is 17.9 Å². The van der Waals surface area contributed by atoms with Crippen molar-refractivity contribution in [1.82, 2.24) is 14.9 Å². The minimum absolute atomic E-state index is 0.152. The zero-order valence-corrected chi connectivity index (χ0v) is 17.8. The molecule has 1 heterocycles. The van der Waals surface area contributed by atoms with E-state index in [9.17, 15) is 9.18 Å². The van der Waals surface area contributed by atoms with Gasteiger partial charge in [-0.25, -0.2) is 9.37 Å². The van der Waals surface area contributed by atoms with E-state index in [0.717, 1.165) is 11.0 Å². The van der Waals surface area contributed by atoms with Gasteiger partial charge in [0.05, 0.1) is 24.1 Å². The zero-order valence-electron chi connectivity index (χ0n) is 16.3. The zero-order chi connectivity index (χ0) is 21.8. The summed E-state index contributed by atoms with van der Waals surface area (Å²) in [5, 5.41) is 3.72. The lowest BCUT2D eigenvalue weighted by Gasteiger charge is -2.12. The molecule has 0 bridgehead atoms. The molecule has 5 nitrogen and oxygen atoms in total. The number of aromatic nitrogens is 2. The van der Waals surface area contributed by atoms with E-state index >= 15 is 0 Å². The SMILES string of the molecule is O=C(COc1ccc(Cl)cc1)NCc1nc2ccccc2n1Cc1c(F)cccc1Cl. The van der Waals surface area contributed by atoms with E-state index in [0.29, 0.717) is 27.2 Å². The fourth-order valence-electron chi connectivity index (χ4n) is 3.19. The van der Waals surface area contributed by atoms with Gasteiger partial charge < -0.3 is 14.6 Å². The molecule has 0 fully saturated rings. The molecule has 0 atom stereocenters. The van der Waals surface area contributed by atoms with Gasteiger partial charge in [0.15, 0.2) is 6.61 Å². The summed E-state index contributed by atoms with van der Waals surface area (Å²) < 4.78 is 21.7. The van der Waals surface area contributed by atoms with Crippen LogP contribution in [0.3, 0.4) is 0 Å². The Morgan fingerprint density at radius 2 is 1.81 bits per heavy atom. The van der Waals surface area contributed by atoms with Crippen molar-refractivity contribution >= 4 is 40.1 Å². The minimum atomic E-state index is -0.392. The minimum Gasteiger partial charge on any atom is -0.484 e. The molecule has 0 aliphatic heterocycles. The molecule has 0 saturated carbocycles. The molecule has 158 valence electrons. The number of para-hydroxylation sites is 2. The second-order valence-electron chi connectivity index (χ2n) is 6.82. The fourth-order valence-corrected chi connectivity index (χ4v) is 3.54. The van der Waals surface area contributed by atoms with Crippen molar-refractivity contribution in [3.05, 3.63) is 94.0 Å². The van der Waals surface area contributed by atoms with Crippen LogP contribution in [0, 0.1) is 5.82 Å². The first-order valence-electron chi connectivity index (χ1n) is 9.53. The van der Waals surface area contributed by atoms with Crippen LogP contribution in [-0.4, -0.2) is 22.1 Å². The van der Waals surface area contributed by atoms with Gasteiger partial charge in [-0.2, -0.15) is 0 Å². The predicted molar refractivity (Wildman–Crippen MR) is 119 cm³/mol. The number of imidazole rings is 1. The van der Waals surface area contributed by atoms with Crippen LogP contribution in [0.4, 0.5) is 4.39 Å². The van der Waals surface area contributed by atoms with E-state index in [-0.39, 0.29) is 25.6 Å². The normalized spacial score (nSPS) is 10.9. The third-order valence-corrected chi connectivity index (χ3v) is 5.34. The molecule has 1 amide bonds. The highest BCUT2D eigenvalue weighted by molar-refractivity contribution is 6.31. The number of carbonyl (C=O) groups is 1. The Balaban J connectivity index is 1.50. The van der Waals surface area contributed by atoms with Crippen LogP contribution in [0.5, 0.6) is 5.75 Å². The molecular formula is C23H18Cl2FN3O2. The number of halogens is 3. The van der Waals surface area contributed by atoms with E-state index in [1.807, 2.05) is 28.8 Å². The molecule has 8 heteroatoms. The predicted octanol–water partition coefficient (Wildman–Crippen LogP) is 5.23. The largest absolute Gasteiger partial charge is 0.484 e. The highest BCUT2D eigenvalue weighted by Crippen LogP contribution is 2.24. The molecule has 0 unspecified atom stereocenters. The van der Waals surface area contributed by atoms with Gasteiger partial charge in [0.1, 0.15) is 17.4 Å². The number of benzene rings is 3. The highest BCUT2D eigenvalue weighted by Gasteiger charge is 2.15. The molecule has 0 aliphatic carbocycles. The van der Waals surface area contributed by atoms with Gasteiger partial charge in [-0.05, 0) is 48.5 Å². The lowest BCUT2D eigenvalue weighted by atomic mass is 10.2. The van der Waals surface area contributed by atoms with Crippen molar-refractivity contribution < 1.29 is 13.9 Å². The first-order chi connectivity index (χ1) is 15.0. The molecule has 1 aromatic heterocycles. The number of rotatable bonds is 7. The Morgan fingerprint density at radius 3 is 2.58 bits per heavy atom. The van der Waals surface area contributed by atoms with Gasteiger partial charge in [-0.15, -0.1) is 0 Å². The number of hydrogen-bond acceptors (Lipinski definition) is 3. The van der Waals surface area contributed by atoms with E-state index in [1.165, 1.54) is 6.07 Å². The van der Waals surface area contributed by atoms with E-state index in [4.69, 9.17) is 27.9 Å². The van der Waals surface area contributed by atoms with E-state index < -0.39 is 5.82 Å². The number of fused-ring (bicyclic) bond motifs is 1. The fraction of sp³-hybridized carbons (Fsp3) is 0.130. The molecule has 1 N–H and O–H groups in total. The molecule has 31 heavy (non-hydrogen) atoms. The van der Waals surface area contributed by atoms with E-state index in [1.54, 1.807) is 36.4 Å². The number of hydrogen-bond donors (Lipinski definition) is 1. The van der Waals surface area contributed by atoms with Crippen LogP contribution >= 0.6 is 23.2 Å². The first-order valence-corrected chi connectivity index (χ1v) is 10.3. The standard InChI is InChI=1S/C23H18Cl2FN3O2/c24-15-8-10-16(11-9-15)31-14-23(30)27-12-22-28-20-6-1-2-7-21(20)29(22)13-17-18(25)4-3-5-19(17)26/h1-11H,12-14H2,(H,27,30). The van der Waals surface area contributed by atoms with Gasteiger partial charge >= 0.3 is 0 Å². The summed E-state index contributed by atoms with van der Waals surface area (Å²) in [5.41, 5.74) is 1.94. The summed E-state index contributed by atoms with van der Waals surface area (Å²) in [6.07, 6.45) is 0. The number of carbonyl (C=O) groups excluding carboxylic acids is 1. The Bertz CT molecular complexity index is 1210. The Morgan fingerprint density at radius 1 is 1.03 bits per heavy atom. The molecular weight excluding hydrogens is 440 g/mol. The molecule has 4 aromatic rings. The number of nitrogens with one attached hydrogen (secondary N) is 1. The lowest BCUT2D eigenvalue weighted by Crippen LogP contribution is -2.29. The molecule has 3 aromatic carbocycles. The molecule has 0 spiro atoms. The van der Waals surface area contributed by atoms with Crippen LogP contribution in [0.2, 0.25) is 10.0 Å². The summed E-state index contributed by atoms with van der Waals surface area (Å²) in [4.78, 5) is 16.9. The van der Waals surface area contributed by atoms with Crippen LogP contribution < -0.4 is 10.1 Å². The Hall–Kier alpha value is -3.09. The van der Waals surface area contributed by atoms with Crippen molar-refractivity contribution in [2.75, 3.05) is 6.61 Å². The summed E-state index contributed by atoms with van der Waals surface area (Å²) >= 11 is 12.1. The summed E-state index contributed by atoms with van der Waals surface area (Å²) in [6.45, 7) is 0.197. The summed E-state index contributed by atoms with van der Waals surface area (Å²) in [5.74, 6) is 0.426. The Kier molecular flexibility index (Phi) is 6.39. The van der Waals surface area contributed by atoms with Crippen molar-refractivity contribution in [2.24, 2.45) is 0 Å². The molecule has 0 aliphatic rings. The van der Waals surface area contributed by atoms with Crippen LogP contribution in [0.1, 0.15) is 11.4 Å². The first kappa shape index (κ1) is 21.2. The monoisotopic (exact) mass is 457 g/mol. The van der Waals surface area contributed by atoms with Gasteiger partial charge in [-0.1, -0.05) is 41.4 Å². The van der Waals surface area contributed by atoms with Gasteiger partial charge in [0, 0.05) is 15.6 Å². The van der Waals surface area contributed by atoms with Crippen molar-refractivity contribution in [2.45, 2.75) is 13.1 Å². The number of ether oxygens (including phenoxy) is 1. The van der Waals surface area contributed by atoms with E-state index in [2.05, 4.69) is 10.3 Å². The average Bonchev–Trinajstić information content (AvgIpc) is 3.12. The summed E-state index contributed by atoms with van der Waals surface area (Å²) in [7, 11) is 0. The maximum atomic E-state index is 14.4. The topological polar surface area (TPSA) is 56.1 Å². The van der Waals surface area contributed by atoms with Crippen LogP contribution in [0.25, 0.3) is 11.0 Å². The smallest absolute Gasteiger partial charge is 0.258 e. The quantitative estimate of drug-likeness (QED) is 0.413. The number of amides is 1. The molecule has 0 radical (unpaired) electrons. The van der Waals surface area contributed by atoms with Gasteiger partial charge in [0.2, 0.25) is 0 Å². The van der Waals surface area contributed by atoms with Crippen molar-refractivity contribution in [1.29, 1.82) is 0 Å². The second kappa shape index (κ2) is 9.37. The second-order valence-corrected chi connectivity index (χ2v) is 7.67. The average molecular weight is 458 g/mol. The van der Waals surface area contributed by atoms with Gasteiger partial charge in [-0.3, -0.25) is 4.79 Å². The highest BCUT2D eigenvalue weighted by atomic mass is 35.5. The van der Waals surface area contributed by atoms with Crippen molar-refractivity contribution in [3.8, 4) is 5.75 Å². The van der Waals surface area contributed by atoms with Crippen LogP contribution in [0.15, 0.2) is 66.7 Å². The van der Waals surface area contributed by atoms with Crippen molar-refractivity contribution in [3.63, 3.8) is 0 Å². The summed E-state index contributed by atoms with van der Waals surface area (Å²) in [6, 6.07) is 18.8. The Labute approximate surface area is 188 Å².